The third-order valence-electron chi connectivity index (χ3n) is 6.53. The Morgan fingerprint density at radius 2 is 1.32 bits per heavy atom. The Hall–Kier alpha value is -3.43. The Morgan fingerprint density at radius 3 is 1.95 bits per heavy atom. The zero-order valence-electron chi connectivity index (χ0n) is 22.9. The monoisotopic (exact) mass is 510 g/mol. The van der Waals surface area contributed by atoms with Gasteiger partial charge in [0, 0.05) is 12.2 Å². The van der Waals surface area contributed by atoms with E-state index in [0.717, 1.165) is 42.9 Å². The second-order valence-electron chi connectivity index (χ2n) is 9.84. The van der Waals surface area contributed by atoms with Gasteiger partial charge in [0.1, 0.15) is 5.75 Å². The fraction of sp³-hybridized carbons (Fsp3) is 0.343. The van der Waals surface area contributed by atoms with E-state index in [9.17, 15) is 4.79 Å². The van der Waals surface area contributed by atoms with Crippen LogP contribution in [0.15, 0.2) is 91.5 Å². The molecule has 0 bridgehead atoms. The minimum absolute atomic E-state index is 0.0109. The van der Waals surface area contributed by atoms with Crippen LogP contribution in [0, 0.1) is 0 Å². The molecule has 0 spiro atoms. The summed E-state index contributed by atoms with van der Waals surface area (Å²) in [7, 11) is 0. The number of carbonyl (C=O) groups is 1. The molecule has 200 valence electrons. The van der Waals surface area contributed by atoms with Crippen LogP contribution in [-0.2, 0) is 11.3 Å². The van der Waals surface area contributed by atoms with Crippen molar-refractivity contribution < 1.29 is 14.3 Å². The standard InChI is InChI=1S/C35H42O3/c1-29(2)32-21-16-31(17-22-32)28-37-26-12-7-5-3-4-6-8-13-27-38-34-23-18-30(19-24-34)20-25-35(36)33-14-10-9-11-15-33/h9-11,14-25H,1,3-8,12-13,26-28H2,2H3/b25-20+. The maximum atomic E-state index is 12.2. The number of allylic oxidation sites excluding steroid dienone is 2. The van der Waals surface area contributed by atoms with Crippen molar-refractivity contribution in [2.45, 2.75) is 64.9 Å². The van der Waals surface area contributed by atoms with E-state index < -0.39 is 0 Å². The SMILES string of the molecule is C=C(C)c1ccc(COCCCCCCCCCCOc2ccc(/C=C/C(=O)c3ccccc3)cc2)cc1. The lowest BCUT2D eigenvalue weighted by atomic mass is 10.1. The number of benzene rings is 3. The van der Waals surface area contributed by atoms with E-state index in [1.807, 2.05) is 67.6 Å². The average molecular weight is 511 g/mol. The van der Waals surface area contributed by atoms with Crippen molar-refractivity contribution in [2.24, 2.45) is 0 Å². The third-order valence-corrected chi connectivity index (χ3v) is 6.53. The maximum absolute atomic E-state index is 12.2. The van der Waals surface area contributed by atoms with Gasteiger partial charge in [-0.15, -0.1) is 0 Å². The predicted octanol–water partition coefficient (Wildman–Crippen LogP) is 9.33. The quantitative estimate of drug-likeness (QED) is 0.0971. The summed E-state index contributed by atoms with van der Waals surface area (Å²) in [6.07, 6.45) is 13.2. The highest BCUT2D eigenvalue weighted by Gasteiger charge is 2.01. The molecule has 0 aliphatic heterocycles. The first-order valence-corrected chi connectivity index (χ1v) is 13.9. The van der Waals surface area contributed by atoms with Gasteiger partial charge in [0.15, 0.2) is 5.78 Å². The number of ether oxygens (including phenoxy) is 2. The van der Waals surface area contributed by atoms with Crippen LogP contribution in [0.5, 0.6) is 5.75 Å². The molecule has 3 rings (SSSR count). The summed E-state index contributed by atoms with van der Waals surface area (Å²) < 4.78 is 11.7. The van der Waals surface area contributed by atoms with Gasteiger partial charge >= 0.3 is 0 Å². The number of hydrogen-bond acceptors (Lipinski definition) is 3. The molecule has 3 aromatic rings. The van der Waals surface area contributed by atoms with E-state index in [2.05, 4.69) is 30.8 Å². The van der Waals surface area contributed by atoms with E-state index in [1.165, 1.54) is 49.7 Å². The number of unbranched alkanes of at least 4 members (excludes halogenated alkanes) is 7. The molecule has 3 nitrogen and oxygen atoms in total. The first-order chi connectivity index (χ1) is 18.6. The van der Waals surface area contributed by atoms with Gasteiger partial charge in [0.05, 0.1) is 13.2 Å². The molecule has 0 aliphatic rings. The number of carbonyl (C=O) groups excluding carboxylic acids is 1. The molecule has 0 amide bonds. The van der Waals surface area contributed by atoms with Gasteiger partial charge in [-0.3, -0.25) is 4.79 Å². The van der Waals surface area contributed by atoms with Crippen LogP contribution in [0.3, 0.4) is 0 Å². The largest absolute Gasteiger partial charge is 0.494 e. The Kier molecular flexibility index (Phi) is 13.1. The molecule has 0 saturated heterocycles. The Labute approximate surface area is 229 Å². The molecule has 3 heteroatoms. The average Bonchev–Trinajstić information content (AvgIpc) is 2.95. The van der Waals surface area contributed by atoms with Crippen molar-refractivity contribution in [1.82, 2.24) is 0 Å². The minimum atomic E-state index is 0.0109. The van der Waals surface area contributed by atoms with Gasteiger partial charge in [-0.2, -0.15) is 0 Å². The van der Waals surface area contributed by atoms with Crippen LogP contribution in [0.25, 0.3) is 11.6 Å². The van der Waals surface area contributed by atoms with E-state index in [0.29, 0.717) is 12.2 Å². The predicted molar refractivity (Wildman–Crippen MR) is 159 cm³/mol. The molecule has 0 saturated carbocycles. The summed E-state index contributed by atoms with van der Waals surface area (Å²) in [5.41, 5.74) is 5.19. The molecule has 0 aromatic heterocycles. The highest BCUT2D eigenvalue weighted by Crippen LogP contribution is 2.16. The lowest BCUT2D eigenvalue weighted by Crippen LogP contribution is -1.97. The van der Waals surface area contributed by atoms with E-state index >= 15 is 0 Å². The van der Waals surface area contributed by atoms with Crippen molar-refractivity contribution in [2.75, 3.05) is 13.2 Å². The van der Waals surface area contributed by atoms with Gasteiger partial charge in [-0.1, -0.05) is 123 Å². The van der Waals surface area contributed by atoms with E-state index in [-0.39, 0.29) is 5.78 Å². The van der Waals surface area contributed by atoms with E-state index in [1.54, 1.807) is 6.08 Å². The molecule has 0 radical (unpaired) electrons. The van der Waals surface area contributed by atoms with Crippen LogP contribution < -0.4 is 4.74 Å². The van der Waals surface area contributed by atoms with Gasteiger partial charge in [-0.25, -0.2) is 0 Å². The summed E-state index contributed by atoms with van der Waals surface area (Å²) in [5.74, 6) is 0.888. The molecule has 0 heterocycles. The maximum Gasteiger partial charge on any atom is 0.185 e. The van der Waals surface area contributed by atoms with Crippen LogP contribution in [0.1, 0.15) is 85.3 Å². The third kappa shape index (κ3) is 11.3. The topological polar surface area (TPSA) is 35.5 Å². The lowest BCUT2D eigenvalue weighted by Gasteiger charge is -2.07. The number of hydrogen-bond donors (Lipinski definition) is 0. The molecule has 0 fully saturated rings. The molecule has 0 unspecified atom stereocenters. The van der Waals surface area contributed by atoms with Crippen molar-refractivity contribution in [3.63, 3.8) is 0 Å². The Bertz CT molecular complexity index is 1110. The van der Waals surface area contributed by atoms with Crippen LogP contribution in [-0.4, -0.2) is 19.0 Å². The Morgan fingerprint density at radius 1 is 0.711 bits per heavy atom. The fourth-order valence-corrected chi connectivity index (χ4v) is 4.18. The van der Waals surface area contributed by atoms with Gasteiger partial charge in [0.25, 0.3) is 0 Å². The lowest BCUT2D eigenvalue weighted by molar-refractivity contribution is 0.104. The minimum Gasteiger partial charge on any atom is -0.494 e. The molecule has 0 atom stereocenters. The van der Waals surface area contributed by atoms with Crippen LogP contribution in [0.4, 0.5) is 0 Å². The van der Waals surface area contributed by atoms with Crippen LogP contribution in [0.2, 0.25) is 0 Å². The van der Waals surface area contributed by atoms with Gasteiger partial charge in [-0.05, 0) is 54.7 Å². The fourth-order valence-electron chi connectivity index (χ4n) is 4.18. The smallest absolute Gasteiger partial charge is 0.185 e. The molecule has 3 aromatic carbocycles. The van der Waals surface area contributed by atoms with Crippen molar-refractivity contribution >= 4 is 17.4 Å². The normalized spacial score (nSPS) is 11.1. The Balaban J connectivity index is 1.14. The summed E-state index contributed by atoms with van der Waals surface area (Å²) >= 11 is 0. The highest BCUT2D eigenvalue weighted by atomic mass is 16.5. The summed E-state index contributed by atoms with van der Waals surface area (Å²) in [6.45, 7) is 8.27. The second-order valence-corrected chi connectivity index (χ2v) is 9.84. The van der Waals surface area contributed by atoms with Crippen molar-refractivity contribution in [3.8, 4) is 5.75 Å². The van der Waals surface area contributed by atoms with Crippen molar-refractivity contribution in [3.05, 3.63) is 114 Å². The molecule has 0 aliphatic carbocycles. The number of rotatable bonds is 18. The summed E-state index contributed by atoms with van der Waals surface area (Å²) in [5, 5.41) is 0. The summed E-state index contributed by atoms with van der Waals surface area (Å²) in [6, 6.07) is 25.7. The highest BCUT2D eigenvalue weighted by molar-refractivity contribution is 6.06. The van der Waals surface area contributed by atoms with Crippen LogP contribution >= 0.6 is 0 Å². The molecular weight excluding hydrogens is 468 g/mol. The van der Waals surface area contributed by atoms with E-state index in [4.69, 9.17) is 9.47 Å². The first-order valence-electron chi connectivity index (χ1n) is 13.9. The number of ketones is 1. The summed E-state index contributed by atoms with van der Waals surface area (Å²) in [4.78, 5) is 12.2. The first kappa shape index (κ1) is 29.1. The van der Waals surface area contributed by atoms with Gasteiger partial charge in [0.2, 0.25) is 0 Å². The van der Waals surface area contributed by atoms with Gasteiger partial charge < -0.3 is 9.47 Å². The van der Waals surface area contributed by atoms with Crippen molar-refractivity contribution in [1.29, 1.82) is 0 Å². The molecule has 38 heavy (non-hydrogen) atoms. The zero-order chi connectivity index (χ0) is 26.8. The molecular formula is C35H42O3. The second kappa shape index (κ2) is 17.1. The zero-order valence-corrected chi connectivity index (χ0v) is 22.9. The molecule has 0 N–H and O–H groups in total.